The van der Waals surface area contributed by atoms with Crippen molar-refractivity contribution in [3.63, 3.8) is 0 Å². The number of amides is 1. The van der Waals surface area contributed by atoms with Crippen molar-refractivity contribution in [3.05, 3.63) is 35.4 Å². The van der Waals surface area contributed by atoms with Gasteiger partial charge in [-0.25, -0.2) is 0 Å². The third kappa shape index (κ3) is 6.65. The largest absolute Gasteiger partial charge is 0.352 e. The van der Waals surface area contributed by atoms with E-state index in [0.717, 1.165) is 24.9 Å². The summed E-state index contributed by atoms with van der Waals surface area (Å²) < 4.78 is 0. The minimum absolute atomic E-state index is 0.0359. The second-order valence-corrected chi connectivity index (χ2v) is 5.38. The van der Waals surface area contributed by atoms with Gasteiger partial charge in [0.2, 0.25) is 0 Å². The normalized spacial score (nSPS) is 9.70. The summed E-state index contributed by atoms with van der Waals surface area (Å²) in [6.07, 6.45) is 5.51. The van der Waals surface area contributed by atoms with Crippen LogP contribution < -0.4 is 11.1 Å². The van der Waals surface area contributed by atoms with E-state index in [2.05, 4.69) is 23.4 Å². The topological polar surface area (TPSA) is 55.1 Å². The predicted octanol–water partition coefficient (Wildman–Crippen LogP) is 2.26. The van der Waals surface area contributed by atoms with Crippen LogP contribution in [0.5, 0.6) is 0 Å². The number of rotatable bonds is 7. The molecule has 0 aliphatic heterocycles. The molecule has 0 atom stereocenters. The summed E-state index contributed by atoms with van der Waals surface area (Å²) in [5.41, 5.74) is 6.81. The molecule has 1 rings (SSSR count). The summed E-state index contributed by atoms with van der Waals surface area (Å²) in [5.74, 6) is 6.87. The molecule has 20 heavy (non-hydrogen) atoms. The van der Waals surface area contributed by atoms with Gasteiger partial charge in [-0.3, -0.25) is 4.79 Å². The Kier molecular flexibility index (Phi) is 8.61. The van der Waals surface area contributed by atoms with Gasteiger partial charge in [-0.2, -0.15) is 11.8 Å². The number of unbranched alkanes of at least 4 members (excludes halogenated alkanes) is 2. The number of carbonyl (C=O) groups is 1. The maximum atomic E-state index is 12.0. The van der Waals surface area contributed by atoms with Crippen LogP contribution >= 0.6 is 11.8 Å². The van der Waals surface area contributed by atoms with E-state index in [4.69, 9.17) is 5.73 Å². The van der Waals surface area contributed by atoms with Crippen molar-refractivity contribution in [2.24, 2.45) is 5.73 Å². The molecule has 0 fully saturated rings. The Balaban J connectivity index is 2.39. The first-order valence-electron chi connectivity index (χ1n) is 6.84. The standard InChI is InChI=1S/C16H22N2OS/c1-20-12-4-2-3-11-18-16(19)15-9-5-7-14(13-15)8-6-10-17/h5,7,9,13H,2-4,10-12,17H2,1H3,(H,18,19). The lowest BCUT2D eigenvalue weighted by Crippen LogP contribution is -2.24. The fourth-order valence-electron chi connectivity index (χ4n) is 1.74. The Morgan fingerprint density at radius 3 is 2.95 bits per heavy atom. The molecule has 4 heteroatoms. The van der Waals surface area contributed by atoms with Crippen molar-refractivity contribution in [3.8, 4) is 11.8 Å². The van der Waals surface area contributed by atoms with Crippen LogP contribution in [-0.4, -0.2) is 31.0 Å². The second kappa shape index (κ2) is 10.4. The van der Waals surface area contributed by atoms with Crippen molar-refractivity contribution in [1.82, 2.24) is 5.32 Å². The van der Waals surface area contributed by atoms with Crippen LogP contribution in [0, 0.1) is 11.8 Å². The lowest BCUT2D eigenvalue weighted by Gasteiger charge is -2.05. The van der Waals surface area contributed by atoms with Crippen molar-refractivity contribution in [1.29, 1.82) is 0 Å². The highest BCUT2D eigenvalue weighted by molar-refractivity contribution is 7.98. The number of hydrogen-bond acceptors (Lipinski definition) is 3. The van der Waals surface area contributed by atoms with E-state index >= 15 is 0 Å². The van der Waals surface area contributed by atoms with Gasteiger partial charge in [-0.1, -0.05) is 24.3 Å². The van der Waals surface area contributed by atoms with E-state index in [1.165, 1.54) is 12.2 Å². The minimum Gasteiger partial charge on any atom is -0.352 e. The first-order valence-corrected chi connectivity index (χ1v) is 8.23. The molecule has 0 aliphatic rings. The van der Waals surface area contributed by atoms with Crippen LogP contribution in [0.1, 0.15) is 35.2 Å². The smallest absolute Gasteiger partial charge is 0.251 e. The lowest BCUT2D eigenvalue weighted by molar-refractivity contribution is 0.0953. The third-order valence-electron chi connectivity index (χ3n) is 2.77. The molecule has 1 aromatic rings. The molecule has 0 heterocycles. The molecule has 3 N–H and O–H groups in total. The molecule has 3 nitrogen and oxygen atoms in total. The number of nitrogens with two attached hydrogens (primary N) is 1. The van der Waals surface area contributed by atoms with E-state index < -0.39 is 0 Å². The summed E-state index contributed by atoms with van der Waals surface area (Å²) in [7, 11) is 0. The summed E-state index contributed by atoms with van der Waals surface area (Å²) in [6.45, 7) is 1.05. The molecule has 0 radical (unpaired) electrons. The Bertz CT molecular complexity index is 477. The van der Waals surface area contributed by atoms with E-state index in [0.29, 0.717) is 12.1 Å². The molecule has 0 spiro atoms. The van der Waals surface area contributed by atoms with Gasteiger partial charge in [0.15, 0.2) is 0 Å². The molecule has 1 amide bonds. The quantitative estimate of drug-likeness (QED) is 0.598. The Morgan fingerprint density at radius 2 is 2.20 bits per heavy atom. The van der Waals surface area contributed by atoms with Crippen LogP contribution in [-0.2, 0) is 0 Å². The van der Waals surface area contributed by atoms with Crippen molar-refractivity contribution in [2.45, 2.75) is 19.3 Å². The van der Waals surface area contributed by atoms with Gasteiger partial charge in [-0.15, -0.1) is 0 Å². The lowest BCUT2D eigenvalue weighted by atomic mass is 10.1. The molecular weight excluding hydrogens is 268 g/mol. The minimum atomic E-state index is -0.0359. The van der Waals surface area contributed by atoms with E-state index in [1.807, 2.05) is 23.9 Å². The average molecular weight is 290 g/mol. The summed E-state index contributed by atoms with van der Waals surface area (Å²) >= 11 is 1.86. The molecule has 108 valence electrons. The Hall–Kier alpha value is -1.44. The van der Waals surface area contributed by atoms with E-state index in [-0.39, 0.29) is 5.91 Å². The maximum Gasteiger partial charge on any atom is 0.251 e. The first kappa shape index (κ1) is 16.6. The van der Waals surface area contributed by atoms with Crippen LogP contribution in [0.3, 0.4) is 0 Å². The molecule has 0 bridgehead atoms. The van der Waals surface area contributed by atoms with Gasteiger partial charge in [0, 0.05) is 17.7 Å². The highest BCUT2D eigenvalue weighted by Crippen LogP contribution is 2.05. The highest BCUT2D eigenvalue weighted by atomic mass is 32.2. The van der Waals surface area contributed by atoms with Gasteiger partial charge < -0.3 is 11.1 Å². The Morgan fingerprint density at radius 1 is 1.35 bits per heavy atom. The van der Waals surface area contributed by atoms with Crippen LogP contribution in [0.2, 0.25) is 0 Å². The van der Waals surface area contributed by atoms with Gasteiger partial charge in [0.25, 0.3) is 5.91 Å². The average Bonchev–Trinajstić information content (AvgIpc) is 2.48. The van der Waals surface area contributed by atoms with Crippen LogP contribution in [0.4, 0.5) is 0 Å². The van der Waals surface area contributed by atoms with Gasteiger partial charge in [0.1, 0.15) is 0 Å². The summed E-state index contributed by atoms with van der Waals surface area (Å²) in [4.78, 5) is 12.0. The van der Waals surface area contributed by atoms with Gasteiger partial charge in [-0.05, 0) is 43.0 Å². The monoisotopic (exact) mass is 290 g/mol. The SMILES string of the molecule is CSCCCCCNC(=O)c1cccc(C#CCN)c1. The van der Waals surface area contributed by atoms with E-state index in [9.17, 15) is 4.79 Å². The maximum absolute atomic E-state index is 12.0. The number of thioether (sulfide) groups is 1. The third-order valence-corrected chi connectivity index (χ3v) is 3.47. The number of nitrogens with one attached hydrogen (secondary N) is 1. The molecule has 0 saturated heterocycles. The fourth-order valence-corrected chi connectivity index (χ4v) is 2.24. The summed E-state index contributed by atoms with van der Waals surface area (Å²) in [5, 5.41) is 2.94. The second-order valence-electron chi connectivity index (χ2n) is 4.40. The molecule has 0 unspecified atom stereocenters. The molecular formula is C16H22N2OS. The van der Waals surface area contributed by atoms with Crippen LogP contribution in [0.25, 0.3) is 0 Å². The molecule has 0 saturated carbocycles. The zero-order chi connectivity index (χ0) is 14.6. The fraction of sp³-hybridized carbons (Fsp3) is 0.438. The van der Waals surface area contributed by atoms with Gasteiger partial charge >= 0.3 is 0 Å². The number of carbonyl (C=O) groups excluding carboxylic acids is 1. The molecule has 1 aromatic carbocycles. The van der Waals surface area contributed by atoms with Crippen LogP contribution in [0.15, 0.2) is 24.3 Å². The van der Waals surface area contributed by atoms with E-state index in [1.54, 1.807) is 12.1 Å². The zero-order valence-electron chi connectivity index (χ0n) is 11.9. The number of benzene rings is 1. The highest BCUT2D eigenvalue weighted by Gasteiger charge is 2.04. The van der Waals surface area contributed by atoms with Crippen molar-refractivity contribution >= 4 is 17.7 Å². The number of hydrogen-bond donors (Lipinski definition) is 2. The zero-order valence-corrected chi connectivity index (χ0v) is 12.8. The first-order chi connectivity index (χ1) is 9.77. The molecule has 0 aromatic heterocycles. The molecule has 0 aliphatic carbocycles. The van der Waals surface area contributed by atoms with Gasteiger partial charge in [0.05, 0.1) is 6.54 Å². The predicted molar refractivity (Wildman–Crippen MR) is 86.9 cm³/mol. The Labute approximate surface area is 125 Å². The van der Waals surface area contributed by atoms with Crippen molar-refractivity contribution in [2.75, 3.05) is 25.1 Å². The summed E-state index contributed by atoms with van der Waals surface area (Å²) in [6, 6.07) is 7.32. The van der Waals surface area contributed by atoms with Crippen molar-refractivity contribution < 1.29 is 4.79 Å².